The number of aromatic carboxylic acids is 1. The van der Waals surface area contributed by atoms with E-state index in [4.69, 9.17) is 9.84 Å². The molecule has 106 valence electrons. The summed E-state index contributed by atoms with van der Waals surface area (Å²) in [7, 11) is -3.20. The van der Waals surface area contributed by atoms with Crippen LogP contribution in [0.3, 0.4) is 0 Å². The Morgan fingerprint density at radius 3 is 2.21 bits per heavy atom. The van der Waals surface area contributed by atoms with Gasteiger partial charge in [0.25, 0.3) is 0 Å². The fraction of sp³-hybridized carbons (Fsp3) is 0.417. The Labute approximate surface area is 111 Å². The van der Waals surface area contributed by atoms with E-state index in [0.717, 1.165) is 0 Å². The number of carbonyl (C=O) groups is 1. The van der Waals surface area contributed by atoms with Gasteiger partial charge in [-0.1, -0.05) is 13.8 Å². The van der Waals surface area contributed by atoms with E-state index >= 15 is 0 Å². The van der Waals surface area contributed by atoms with Gasteiger partial charge in [-0.25, -0.2) is 4.79 Å². The SMILES string of the molecule is CCc1cc(C(=O)O)c(OC)c(CC)c1P(=O)(O)O. The molecule has 0 bridgehead atoms. The molecule has 3 N–H and O–H groups in total. The number of carboxylic acid groups (broad SMARTS) is 1. The van der Waals surface area contributed by atoms with E-state index in [9.17, 15) is 19.1 Å². The molecule has 0 saturated carbocycles. The van der Waals surface area contributed by atoms with Gasteiger partial charge in [-0.05, 0) is 24.5 Å². The molecule has 0 amide bonds. The van der Waals surface area contributed by atoms with E-state index in [1.54, 1.807) is 13.8 Å². The van der Waals surface area contributed by atoms with Crippen LogP contribution in [0.25, 0.3) is 0 Å². The standard InChI is InChI=1S/C12H17O6P/c1-4-7-6-9(12(13)14)10(18-3)8(5-2)11(7)19(15,16)17/h6H,4-5H2,1-3H3,(H,13,14)(H2,15,16,17). The van der Waals surface area contributed by atoms with Crippen molar-refractivity contribution in [2.75, 3.05) is 7.11 Å². The smallest absolute Gasteiger partial charge is 0.356 e. The van der Waals surface area contributed by atoms with Gasteiger partial charge < -0.3 is 19.6 Å². The molecule has 1 rings (SSSR count). The molecule has 19 heavy (non-hydrogen) atoms. The van der Waals surface area contributed by atoms with Crippen LogP contribution >= 0.6 is 7.60 Å². The lowest BCUT2D eigenvalue weighted by Crippen LogP contribution is -2.20. The Hall–Kier alpha value is -1.36. The topological polar surface area (TPSA) is 104 Å². The van der Waals surface area contributed by atoms with Gasteiger partial charge in [-0.15, -0.1) is 0 Å². The van der Waals surface area contributed by atoms with Crippen molar-refractivity contribution in [3.05, 3.63) is 22.8 Å². The molecule has 0 unspecified atom stereocenters. The van der Waals surface area contributed by atoms with Crippen LogP contribution in [0.2, 0.25) is 0 Å². The van der Waals surface area contributed by atoms with E-state index in [-0.39, 0.29) is 28.6 Å². The Bertz CT molecular complexity index is 546. The minimum absolute atomic E-state index is 0.0190. The third-order valence-electron chi connectivity index (χ3n) is 2.89. The average molecular weight is 288 g/mol. The molecule has 0 fully saturated rings. The van der Waals surface area contributed by atoms with Crippen LogP contribution in [0.15, 0.2) is 6.07 Å². The second-order valence-electron chi connectivity index (χ2n) is 4.00. The van der Waals surface area contributed by atoms with Crippen molar-refractivity contribution in [1.82, 2.24) is 0 Å². The maximum absolute atomic E-state index is 11.6. The highest BCUT2D eigenvalue weighted by Gasteiger charge is 2.30. The fourth-order valence-electron chi connectivity index (χ4n) is 2.12. The van der Waals surface area contributed by atoms with Crippen LogP contribution in [0.4, 0.5) is 0 Å². The highest BCUT2D eigenvalue weighted by Crippen LogP contribution is 2.40. The first kappa shape index (κ1) is 15.7. The molecule has 0 spiro atoms. The molecule has 1 aromatic carbocycles. The number of benzene rings is 1. The second kappa shape index (κ2) is 5.74. The van der Waals surface area contributed by atoms with Crippen LogP contribution in [0.5, 0.6) is 5.75 Å². The third kappa shape index (κ3) is 2.97. The van der Waals surface area contributed by atoms with Gasteiger partial charge in [-0.3, -0.25) is 4.57 Å². The summed E-state index contributed by atoms with van der Waals surface area (Å²) in [5.41, 5.74) is 0.518. The first-order chi connectivity index (χ1) is 8.77. The molecule has 0 aliphatic carbocycles. The van der Waals surface area contributed by atoms with E-state index in [1.807, 2.05) is 0 Å². The third-order valence-corrected chi connectivity index (χ3v) is 4.03. The number of rotatable bonds is 5. The summed E-state index contributed by atoms with van der Waals surface area (Å²) in [4.78, 5) is 30.1. The number of hydrogen-bond acceptors (Lipinski definition) is 3. The zero-order valence-corrected chi connectivity index (χ0v) is 11.9. The lowest BCUT2D eigenvalue weighted by molar-refractivity contribution is 0.0693. The minimum atomic E-state index is -4.49. The quantitative estimate of drug-likeness (QED) is 0.706. The molecule has 0 aliphatic rings. The molecule has 0 atom stereocenters. The van der Waals surface area contributed by atoms with Crippen LogP contribution < -0.4 is 10.0 Å². The summed E-state index contributed by atoms with van der Waals surface area (Å²) in [6.45, 7) is 3.41. The zero-order chi connectivity index (χ0) is 14.8. The van der Waals surface area contributed by atoms with Crippen LogP contribution in [0.1, 0.15) is 35.3 Å². The molecule has 0 saturated heterocycles. The Morgan fingerprint density at radius 1 is 1.32 bits per heavy atom. The van der Waals surface area contributed by atoms with Gasteiger partial charge >= 0.3 is 13.6 Å². The summed E-state index contributed by atoms with van der Waals surface area (Å²) >= 11 is 0. The van der Waals surface area contributed by atoms with Gasteiger partial charge in [0, 0.05) is 5.56 Å². The number of carboxylic acids is 1. The highest BCUT2D eigenvalue weighted by atomic mass is 31.2. The monoisotopic (exact) mass is 288 g/mol. The molecule has 6 nitrogen and oxygen atoms in total. The number of aryl methyl sites for hydroxylation is 1. The molecule has 0 aromatic heterocycles. The number of ether oxygens (including phenoxy) is 1. The summed E-state index contributed by atoms with van der Waals surface area (Å²) < 4.78 is 16.7. The Balaban J connectivity index is 3.83. The van der Waals surface area contributed by atoms with Gasteiger partial charge in [0.15, 0.2) is 0 Å². The molecular formula is C12H17O6P. The zero-order valence-electron chi connectivity index (χ0n) is 11.0. The van der Waals surface area contributed by atoms with Gasteiger partial charge in [0.2, 0.25) is 0 Å². The van der Waals surface area contributed by atoms with Gasteiger partial charge in [-0.2, -0.15) is 0 Å². The average Bonchev–Trinajstić information content (AvgIpc) is 2.34. The maximum atomic E-state index is 11.6. The van der Waals surface area contributed by atoms with Crippen molar-refractivity contribution in [2.45, 2.75) is 26.7 Å². The predicted molar refractivity (Wildman–Crippen MR) is 70.4 cm³/mol. The van der Waals surface area contributed by atoms with Crippen molar-refractivity contribution in [3.63, 3.8) is 0 Å². The number of methoxy groups -OCH3 is 1. The first-order valence-corrected chi connectivity index (χ1v) is 7.41. The summed E-state index contributed by atoms with van der Waals surface area (Å²) in [6.07, 6.45) is 0.607. The van der Waals surface area contributed by atoms with Crippen molar-refractivity contribution in [2.24, 2.45) is 0 Å². The van der Waals surface area contributed by atoms with E-state index in [0.29, 0.717) is 12.0 Å². The number of hydrogen-bond donors (Lipinski definition) is 3. The fourth-order valence-corrected chi connectivity index (χ4v) is 3.33. The van der Waals surface area contributed by atoms with Crippen LogP contribution in [-0.4, -0.2) is 28.0 Å². The van der Waals surface area contributed by atoms with E-state index < -0.39 is 13.6 Å². The molecular weight excluding hydrogens is 271 g/mol. The molecule has 7 heteroatoms. The maximum Gasteiger partial charge on any atom is 0.356 e. The molecule has 0 radical (unpaired) electrons. The Morgan fingerprint density at radius 2 is 1.89 bits per heavy atom. The van der Waals surface area contributed by atoms with Crippen molar-refractivity contribution < 1.29 is 29.0 Å². The summed E-state index contributed by atoms with van der Waals surface area (Å²) in [6, 6.07) is 1.27. The lowest BCUT2D eigenvalue weighted by atomic mass is 10.0. The van der Waals surface area contributed by atoms with Gasteiger partial charge in [0.1, 0.15) is 11.3 Å². The molecule has 1 aromatic rings. The minimum Gasteiger partial charge on any atom is -0.496 e. The summed E-state index contributed by atoms with van der Waals surface area (Å²) in [5, 5.41) is 9.04. The summed E-state index contributed by atoms with van der Waals surface area (Å²) in [5.74, 6) is -1.16. The molecule has 0 heterocycles. The second-order valence-corrected chi connectivity index (χ2v) is 5.54. The largest absolute Gasteiger partial charge is 0.496 e. The van der Waals surface area contributed by atoms with E-state index in [2.05, 4.69) is 0 Å². The van der Waals surface area contributed by atoms with Crippen molar-refractivity contribution in [1.29, 1.82) is 0 Å². The van der Waals surface area contributed by atoms with Crippen LogP contribution in [-0.2, 0) is 17.4 Å². The van der Waals surface area contributed by atoms with E-state index in [1.165, 1.54) is 13.2 Å². The van der Waals surface area contributed by atoms with Crippen molar-refractivity contribution in [3.8, 4) is 5.75 Å². The molecule has 0 aliphatic heterocycles. The highest BCUT2D eigenvalue weighted by molar-refractivity contribution is 7.60. The lowest BCUT2D eigenvalue weighted by Gasteiger charge is -2.19. The first-order valence-electron chi connectivity index (χ1n) is 5.79. The normalized spacial score (nSPS) is 11.4. The van der Waals surface area contributed by atoms with Crippen molar-refractivity contribution >= 4 is 18.9 Å². The van der Waals surface area contributed by atoms with Gasteiger partial charge in [0.05, 0.1) is 12.4 Å². The predicted octanol–water partition coefficient (Wildman–Crippen LogP) is 1.32. The van der Waals surface area contributed by atoms with Crippen LogP contribution in [0, 0.1) is 0 Å². The Kier molecular flexibility index (Phi) is 4.74.